The number of aliphatic carboxylic acids is 2. The number of benzene rings is 3. The van der Waals surface area contributed by atoms with E-state index >= 15 is 0 Å². The normalized spacial score (nSPS) is 18.5. The topological polar surface area (TPSA) is 123 Å². The van der Waals surface area contributed by atoms with E-state index in [4.69, 9.17) is 14.9 Å². The van der Waals surface area contributed by atoms with Crippen molar-refractivity contribution in [2.75, 3.05) is 19.7 Å². The Balaban J connectivity index is 0.000000386. The van der Waals surface area contributed by atoms with Crippen LogP contribution in [0.1, 0.15) is 31.2 Å². The summed E-state index contributed by atoms with van der Waals surface area (Å²) in [6.07, 6.45) is 4.77. The van der Waals surface area contributed by atoms with Crippen molar-refractivity contribution in [1.82, 2.24) is 9.88 Å². The van der Waals surface area contributed by atoms with Crippen molar-refractivity contribution in [3.63, 3.8) is 0 Å². The van der Waals surface area contributed by atoms with Crippen LogP contribution in [0.25, 0.3) is 21.7 Å². The molecular weight excluding hydrogens is 496 g/mol. The van der Waals surface area contributed by atoms with Crippen molar-refractivity contribution in [1.29, 1.82) is 0 Å². The summed E-state index contributed by atoms with van der Waals surface area (Å²) in [4.78, 5) is 24.7. The van der Waals surface area contributed by atoms with E-state index in [1.807, 2.05) is 30.5 Å². The van der Waals surface area contributed by atoms with Crippen LogP contribution in [-0.4, -0.2) is 69.0 Å². The van der Waals surface area contributed by atoms with Crippen molar-refractivity contribution in [2.45, 2.75) is 37.8 Å². The second-order valence-corrected chi connectivity index (χ2v) is 9.84. The fraction of sp³-hybridized carbons (Fsp3) is 0.290. The van der Waals surface area contributed by atoms with Gasteiger partial charge in [0.1, 0.15) is 18.5 Å². The smallest absolute Gasteiger partial charge is 0.328 e. The first-order valence-corrected chi connectivity index (χ1v) is 13.0. The van der Waals surface area contributed by atoms with Crippen molar-refractivity contribution < 1.29 is 29.6 Å². The number of hydrogen-bond acceptors (Lipinski definition) is 5. The number of β-amino-alcohol motifs (C(OH)–C–C–N with tert-alkyl or cyclic N) is 1. The zero-order chi connectivity index (χ0) is 27.8. The minimum Gasteiger partial charge on any atom is -0.490 e. The Labute approximate surface area is 227 Å². The quantitative estimate of drug-likeness (QED) is 0.235. The number of carboxylic acid groups (broad SMARTS) is 2. The highest BCUT2D eigenvalue weighted by atomic mass is 16.5. The van der Waals surface area contributed by atoms with E-state index < -0.39 is 18.0 Å². The zero-order valence-corrected chi connectivity index (χ0v) is 21.9. The number of carboxylic acids is 2. The average Bonchev–Trinajstić information content (AvgIpc) is 3.42. The number of nitrogens with one attached hydrogen (secondary N) is 1. The Bertz CT molecular complexity index is 1430. The summed E-state index contributed by atoms with van der Waals surface area (Å²) in [5.74, 6) is -1.11. The van der Waals surface area contributed by atoms with E-state index in [1.165, 1.54) is 16.3 Å². The largest absolute Gasteiger partial charge is 0.490 e. The fourth-order valence-corrected chi connectivity index (χ4v) is 5.09. The highest BCUT2D eigenvalue weighted by Crippen LogP contribution is 2.33. The van der Waals surface area contributed by atoms with E-state index in [1.54, 1.807) is 0 Å². The summed E-state index contributed by atoms with van der Waals surface area (Å²) in [7, 11) is 0. The zero-order valence-electron chi connectivity index (χ0n) is 21.9. The molecule has 1 aliphatic heterocycles. The Hall–Kier alpha value is -4.14. The lowest BCUT2D eigenvalue weighted by Gasteiger charge is -2.39. The van der Waals surface area contributed by atoms with Gasteiger partial charge in [0.05, 0.1) is 0 Å². The first-order chi connectivity index (χ1) is 18.8. The Morgan fingerprint density at radius 2 is 1.77 bits per heavy atom. The molecule has 1 saturated heterocycles. The van der Waals surface area contributed by atoms with Crippen LogP contribution in [0.5, 0.6) is 5.75 Å². The predicted molar refractivity (Wildman–Crippen MR) is 151 cm³/mol. The van der Waals surface area contributed by atoms with Crippen LogP contribution >= 0.6 is 0 Å². The van der Waals surface area contributed by atoms with Gasteiger partial charge in [0.15, 0.2) is 0 Å². The van der Waals surface area contributed by atoms with Gasteiger partial charge < -0.3 is 25.0 Å². The lowest BCUT2D eigenvalue weighted by atomic mass is 9.85. The third-order valence-electron chi connectivity index (χ3n) is 7.06. The monoisotopic (exact) mass is 530 g/mol. The molecule has 204 valence electrons. The summed E-state index contributed by atoms with van der Waals surface area (Å²) >= 11 is 0. The lowest BCUT2D eigenvalue weighted by Crippen LogP contribution is -2.45. The van der Waals surface area contributed by atoms with E-state index in [0.29, 0.717) is 37.3 Å². The number of rotatable bonds is 8. The number of nitrogens with zero attached hydrogens (tertiary/aromatic N) is 1. The van der Waals surface area contributed by atoms with Gasteiger partial charge in [-0.3, -0.25) is 4.90 Å². The van der Waals surface area contributed by atoms with Crippen molar-refractivity contribution >= 4 is 33.6 Å². The number of aromatic amines is 1. The maximum Gasteiger partial charge on any atom is 0.328 e. The van der Waals surface area contributed by atoms with Gasteiger partial charge in [0.25, 0.3) is 0 Å². The molecule has 1 aliphatic rings. The van der Waals surface area contributed by atoms with Gasteiger partial charge in [-0.15, -0.1) is 0 Å². The molecule has 8 nitrogen and oxygen atoms in total. The highest BCUT2D eigenvalue weighted by molar-refractivity contribution is 5.89. The summed E-state index contributed by atoms with van der Waals surface area (Å²) in [6.45, 7) is 4.24. The molecule has 0 amide bonds. The van der Waals surface area contributed by atoms with E-state index in [2.05, 4.69) is 59.3 Å². The average molecular weight is 531 g/mol. The molecule has 2 heterocycles. The second kappa shape index (κ2) is 13.1. The SMILES string of the molecule is C[C@H]1C[C@@H](c2ccc3ccccc3c2)CCN1C[C@H](O)COc1cccc2[nH]ccc12.O=C(O)/C=C\C(=O)O. The van der Waals surface area contributed by atoms with E-state index in [9.17, 15) is 14.7 Å². The van der Waals surface area contributed by atoms with Gasteiger partial charge in [-0.25, -0.2) is 9.59 Å². The predicted octanol–water partition coefficient (Wildman–Crippen LogP) is 5.04. The number of ether oxygens (including phenoxy) is 1. The molecule has 0 aliphatic carbocycles. The summed E-state index contributed by atoms with van der Waals surface area (Å²) in [5.41, 5.74) is 2.49. The standard InChI is InChI=1S/C27H30N2O2.C4H4O4/c1-19-15-23(22-10-9-20-5-2-3-6-21(20)16-22)12-14-29(19)17-24(30)18-31-27-8-4-7-26-25(27)11-13-28-26;5-3(6)1-2-4(7)8/h2-11,13,16,19,23-24,28,30H,12,14-15,17-18H2,1H3;1-2H,(H,5,6)(H,7,8)/b;2-1-/t19-,23-,24-;/m0./s1. The van der Waals surface area contributed by atoms with Crippen LogP contribution < -0.4 is 4.74 Å². The van der Waals surface area contributed by atoms with E-state index in [-0.39, 0.29) is 0 Å². The fourth-order valence-electron chi connectivity index (χ4n) is 5.09. The number of piperidine rings is 1. The number of carbonyl (C=O) groups is 2. The molecule has 5 rings (SSSR count). The Morgan fingerprint density at radius 3 is 2.49 bits per heavy atom. The maximum atomic E-state index is 10.6. The highest BCUT2D eigenvalue weighted by Gasteiger charge is 2.28. The third-order valence-corrected chi connectivity index (χ3v) is 7.06. The molecule has 3 aromatic carbocycles. The summed E-state index contributed by atoms with van der Waals surface area (Å²) in [5, 5.41) is 29.9. The molecule has 4 N–H and O–H groups in total. The van der Waals surface area contributed by atoms with Gasteiger partial charge >= 0.3 is 11.9 Å². The van der Waals surface area contributed by atoms with Gasteiger partial charge in [-0.05, 0) is 66.8 Å². The molecule has 3 atom stereocenters. The minimum absolute atomic E-state index is 0.307. The first-order valence-electron chi connectivity index (χ1n) is 13.0. The summed E-state index contributed by atoms with van der Waals surface area (Å²) in [6, 6.07) is 23.9. The molecule has 39 heavy (non-hydrogen) atoms. The minimum atomic E-state index is -1.26. The van der Waals surface area contributed by atoms with Crippen molar-refractivity contribution in [2.24, 2.45) is 0 Å². The van der Waals surface area contributed by atoms with Crippen molar-refractivity contribution in [3.8, 4) is 5.75 Å². The summed E-state index contributed by atoms with van der Waals surface area (Å²) < 4.78 is 5.95. The molecule has 0 unspecified atom stereocenters. The van der Waals surface area contributed by atoms with Gasteiger partial charge in [0, 0.05) is 41.8 Å². The number of H-pyrrole nitrogens is 1. The van der Waals surface area contributed by atoms with E-state index in [0.717, 1.165) is 36.0 Å². The number of fused-ring (bicyclic) bond motifs is 2. The maximum absolute atomic E-state index is 10.6. The number of aliphatic hydroxyl groups excluding tert-OH is 1. The molecule has 1 fully saturated rings. The lowest BCUT2D eigenvalue weighted by molar-refractivity contribution is -0.134. The molecule has 0 spiro atoms. The Kier molecular flexibility index (Phi) is 9.35. The van der Waals surface area contributed by atoms with Crippen LogP contribution in [0.3, 0.4) is 0 Å². The molecule has 0 radical (unpaired) electrons. The van der Waals surface area contributed by atoms with Crippen LogP contribution in [0.15, 0.2) is 85.1 Å². The molecule has 8 heteroatoms. The van der Waals surface area contributed by atoms with Crippen LogP contribution in [0.4, 0.5) is 0 Å². The molecule has 4 aromatic rings. The van der Waals surface area contributed by atoms with Crippen molar-refractivity contribution in [3.05, 3.63) is 90.6 Å². The number of likely N-dealkylation sites (tertiary alicyclic amines) is 1. The van der Waals surface area contributed by atoms with Crippen LogP contribution in [0, 0.1) is 0 Å². The number of aromatic nitrogens is 1. The molecule has 0 bridgehead atoms. The van der Waals surface area contributed by atoms with Gasteiger partial charge in [-0.1, -0.05) is 48.5 Å². The first kappa shape index (κ1) is 27.9. The number of aliphatic hydroxyl groups is 1. The van der Waals surface area contributed by atoms with Crippen LogP contribution in [-0.2, 0) is 9.59 Å². The number of hydrogen-bond donors (Lipinski definition) is 4. The van der Waals surface area contributed by atoms with Gasteiger partial charge in [-0.2, -0.15) is 0 Å². The second-order valence-electron chi connectivity index (χ2n) is 9.84. The third kappa shape index (κ3) is 7.69. The Morgan fingerprint density at radius 1 is 1.03 bits per heavy atom. The molecule has 0 saturated carbocycles. The van der Waals surface area contributed by atoms with Gasteiger partial charge in [0.2, 0.25) is 0 Å². The molecular formula is C31H34N2O6. The van der Waals surface area contributed by atoms with Crippen LogP contribution in [0.2, 0.25) is 0 Å². The molecule has 1 aromatic heterocycles.